The Hall–Kier alpha value is -1.31. The number of nitrogen functional groups attached to an aromatic ring is 1. The number of rotatable bonds is 3. The van der Waals surface area contributed by atoms with Crippen LogP contribution in [0.5, 0.6) is 0 Å². The van der Waals surface area contributed by atoms with Crippen molar-refractivity contribution in [3.8, 4) is 0 Å². The van der Waals surface area contributed by atoms with E-state index in [4.69, 9.17) is 5.73 Å². The average molecular weight is 190 g/mol. The topological polar surface area (TPSA) is 38.4 Å². The third-order valence-corrected chi connectivity index (χ3v) is 2.56. The van der Waals surface area contributed by atoms with Gasteiger partial charge in [0.05, 0.1) is 0 Å². The molecule has 0 saturated carbocycles. The molecule has 14 heavy (non-hydrogen) atoms. The van der Waals surface area contributed by atoms with E-state index in [0.717, 1.165) is 17.7 Å². The van der Waals surface area contributed by atoms with Crippen molar-refractivity contribution in [3.05, 3.63) is 29.3 Å². The molecule has 2 nitrogen and oxygen atoms in total. The van der Waals surface area contributed by atoms with E-state index < -0.39 is 0 Å². The zero-order valence-electron chi connectivity index (χ0n) is 9.12. The van der Waals surface area contributed by atoms with E-state index in [1.165, 1.54) is 5.56 Å². The first kappa shape index (κ1) is 10.8. The molecule has 1 unspecified atom stereocenters. The summed E-state index contributed by atoms with van der Waals surface area (Å²) in [6, 6.07) is 6.20. The van der Waals surface area contributed by atoms with E-state index in [0.29, 0.717) is 5.92 Å². The van der Waals surface area contributed by atoms with Crippen LogP contribution in [0.4, 0.5) is 5.69 Å². The van der Waals surface area contributed by atoms with Gasteiger partial charge in [-0.3, -0.25) is 4.99 Å². The van der Waals surface area contributed by atoms with Crippen LogP contribution in [0.1, 0.15) is 37.3 Å². The number of hydrogen-bond acceptors (Lipinski definition) is 2. The van der Waals surface area contributed by atoms with Gasteiger partial charge in [0.2, 0.25) is 0 Å². The molecular formula is C12H18N2. The normalized spacial score (nSPS) is 13.4. The monoisotopic (exact) mass is 190 g/mol. The fourth-order valence-electron chi connectivity index (χ4n) is 1.39. The van der Waals surface area contributed by atoms with Crippen LogP contribution in [0.3, 0.4) is 0 Å². The van der Waals surface area contributed by atoms with E-state index in [9.17, 15) is 0 Å². The second-order valence-corrected chi connectivity index (χ2v) is 3.58. The highest BCUT2D eigenvalue weighted by Gasteiger charge is 2.04. The molecule has 0 aliphatic rings. The fraction of sp³-hybridized carbons (Fsp3) is 0.417. The van der Waals surface area contributed by atoms with Gasteiger partial charge in [-0.25, -0.2) is 0 Å². The summed E-state index contributed by atoms with van der Waals surface area (Å²) in [5, 5.41) is 0. The van der Waals surface area contributed by atoms with E-state index in [1.54, 1.807) is 13.3 Å². The van der Waals surface area contributed by atoms with Crippen molar-refractivity contribution in [3.63, 3.8) is 0 Å². The Morgan fingerprint density at radius 3 is 2.71 bits per heavy atom. The lowest BCUT2D eigenvalue weighted by Crippen LogP contribution is -1.97. The van der Waals surface area contributed by atoms with Crippen molar-refractivity contribution in [1.29, 1.82) is 0 Å². The van der Waals surface area contributed by atoms with Crippen LogP contribution in [0.2, 0.25) is 0 Å². The molecule has 0 radical (unpaired) electrons. The van der Waals surface area contributed by atoms with Crippen LogP contribution in [-0.4, -0.2) is 13.3 Å². The van der Waals surface area contributed by atoms with Gasteiger partial charge >= 0.3 is 0 Å². The molecule has 0 spiro atoms. The SMILES string of the molecule is CCC(C)c1ccc(C=NC)c(N)c1. The molecule has 1 aromatic rings. The molecule has 0 fully saturated rings. The molecule has 0 heterocycles. The lowest BCUT2D eigenvalue weighted by Gasteiger charge is -2.10. The fourth-order valence-corrected chi connectivity index (χ4v) is 1.39. The number of aliphatic imine (C=N–C) groups is 1. The van der Waals surface area contributed by atoms with E-state index >= 15 is 0 Å². The molecule has 0 amide bonds. The van der Waals surface area contributed by atoms with Gasteiger partial charge < -0.3 is 5.73 Å². The van der Waals surface area contributed by atoms with E-state index in [1.807, 2.05) is 12.1 Å². The Morgan fingerprint density at radius 1 is 1.50 bits per heavy atom. The van der Waals surface area contributed by atoms with Crippen molar-refractivity contribution in [2.45, 2.75) is 26.2 Å². The van der Waals surface area contributed by atoms with Gasteiger partial charge in [-0.1, -0.05) is 26.0 Å². The van der Waals surface area contributed by atoms with Gasteiger partial charge in [-0.05, 0) is 24.0 Å². The highest BCUT2D eigenvalue weighted by Crippen LogP contribution is 2.22. The van der Waals surface area contributed by atoms with Crippen LogP contribution in [0.15, 0.2) is 23.2 Å². The minimum absolute atomic E-state index is 0.574. The number of nitrogens with two attached hydrogens (primary N) is 1. The highest BCUT2D eigenvalue weighted by atomic mass is 14.6. The summed E-state index contributed by atoms with van der Waals surface area (Å²) in [6.45, 7) is 4.39. The van der Waals surface area contributed by atoms with Crippen LogP contribution < -0.4 is 5.73 Å². The van der Waals surface area contributed by atoms with Crippen molar-refractivity contribution in [1.82, 2.24) is 0 Å². The van der Waals surface area contributed by atoms with Gasteiger partial charge in [0.15, 0.2) is 0 Å². The van der Waals surface area contributed by atoms with Crippen LogP contribution in [-0.2, 0) is 0 Å². The molecule has 0 aliphatic heterocycles. The standard InChI is InChI=1S/C12H18N2/c1-4-9(2)10-5-6-11(8-14-3)12(13)7-10/h5-9H,4,13H2,1-3H3. The number of anilines is 1. The second kappa shape index (κ2) is 4.80. The average Bonchev–Trinajstić information content (AvgIpc) is 2.20. The Morgan fingerprint density at radius 2 is 2.21 bits per heavy atom. The maximum Gasteiger partial charge on any atom is 0.0405 e. The Kier molecular flexibility index (Phi) is 3.69. The van der Waals surface area contributed by atoms with Crippen molar-refractivity contribution >= 4 is 11.9 Å². The molecule has 0 aliphatic carbocycles. The first-order valence-corrected chi connectivity index (χ1v) is 5.00. The van der Waals surface area contributed by atoms with Gasteiger partial charge in [0, 0.05) is 24.5 Å². The molecule has 1 atom stereocenters. The predicted molar refractivity (Wildman–Crippen MR) is 63.1 cm³/mol. The molecule has 1 rings (SSSR count). The van der Waals surface area contributed by atoms with Gasteiger partial charge in [0.1, 0.15) is 0 Å². The Bertz CT molecular complexity index is 329. The maximum atomic E-state index is 5.91. The summed E-state index contributed by atoms with van der Waals surface area (Å²) >= 11 is 0. The third-order valence-electron chi connectivity index (χ3n) is 2.56. The summed E-state index contributed by atoms with van der Waals surface area (Å²) in [6.07, 6.45) is 2.93. The Balaban J connectivity index is 3.00. The van der Waals surface area contributed by atoms with Gasteiger partial charge in [-0.2, -0.15) is 0 Å². The van der Waals surface area contributed by atoms with Crippen LogP contribution >= 0.6 is 0 Å². The molecule has 2 heteroatoms. The number of nitrogens with zero attached hydrogens (tertiary/aromatic N) is 1. The minimum Gasteiger partial charge on any atom is -0.398 e. The van der Waals surface area contributed by atoms with Crippen molar-refractivity contribution in [2.75, 3.05) is 12.8 Å². The third kappa shape index (κ3) is 2.34. The molecule has 76 valence electrons. The molecule has 2 N–H and O–H groups in total. The molecule has 0 bridgehead atoms. The van der Waals surface area contributed by atoms with Gasteiger partial charge in [-0.15, -0.1) is 0 Å². The summed E-state index contributed by atoms with van der Waals surface area (Å²) in [5.74, 6) is 0.574. The molecule has 0 saturated heterocycles. The molecule has 0 aromatic heterocycles. The largest absolute Gasteiger partial charge is 0.398 e. The predicted octanol–water partition coefficient (Wildman–Crippen LogP) is 2.83. The quantitative estimate of drug-likeness (QED) is 0.577. The minimum atomic E-state index is 0.574. The Labute approximate surface area is 85.9 Å². The highest BCUT2D eigenvalue weighted by molar-refractivity contribution is 5.86. The smallest absolute Gasteiger partial charge is 0.0405 e. The van der Waals surface area contributed by atoms with Crippen LogP contribution in [0, 0.1) is 0 Å². The van der Waals surface area contributed by atoms with E-state index in [-0.39, 0.29) is 0 Å². The molecule has 1 aromatic carbocycles. The second-order valence-electron chi connectivity index (χ2n) is 3.58. The van der Waals surface area contributed by atoms with Crippen LogP contribution in [0.25, 0.3) is 0 Å². The summed E-state index contributed by atoms with van der Waals surface area (Å²) in [5.41, 5.74) is 9.03. The first-order chi connectivity index (χ1) is 6.69. The molecular weight excluding hydrogens is 172 g/mol. The van der Waals surface area contributed by atoms with Gasteiger partial charge in [0.25, 0.3) is 0 Å². The zero-order chi connectivity index (χ0) is 10.6. The summed E-state index contributed by atoms with van der Waals surface area (Å²) in [7, 11) is 1.75. The summed E-state index contributed by atoms with van der Waals surface area (Å²) in [4.78, 5) is 3.96. The summed E-state index contributed by atoms with van der Waals surface area (Å²) < 4.78 is 0. The van der Waals surface area contributed by atoms with Crippen molar-refractivity contribution < 1.29 is 0 Å². The van der Waals surface area contributed by atoms with E-state index in [2.05, 4.69) is 24.9 Å². The lowest BCUT2D eigenvalue weighted by molar-refractivity contribution is 0.734. The first-order valence-electron chi connectivity index (χ1n) is 5.00. The maximum absolute atomic E-state index is 5.91. The lowest BCUT2D eigenvalue weighted by atomic mass is 9.97. The number of benzene rings is 1. The number of hydrogen-bond donors (Lipinski definition) is 1. The zero-order valence-corrected chi connectivity index (χ0v) is 9.12. The van der Waals surface area contributed by atoms with Crippen molar-refractivity contribution in [2.24, 2.45) is 4.99 Å².